The molecule has 0 spiro atoms. The smallest absolute Gasteiger partial charge is 0.321 e. The average molecular weight is 363 g/mol. The van der Waals surface area contributed by atoms with E-state index in [0.29, 0.717) is 0 Å². The Morgan fingerprint density at radius 1 is 1.07 bits per heavy atom. The van der Waals surface area contributed by atoms with Crippen molar-refractivity contribution in [2.75, 3.05) is 31.5 Å². The van der Waals surface area contributed by atoms with Gasteiger partial charge in [-0.2, -0.15) is 0 Å². The molecule has 0 aliphatic carbocycles. The fourth-order valence-electron chi connectivity index (χ4n) is 3.57. The monoisotopic (exact) mass is 363 g/mol. The molecule has 1 aliphatic heterocycles. The summed E-state index contributed by atoms with van der Waals surface area (Å²) in [6, 6.07) is 16.1. The first-order valence-electron chi connectivity index (χ1n) is 9.35. The minimum atomic E-state index is -0.0250. The van der Waals surface area contributed by atoms with Crippen LogP contribution in [0.25, 0.3) is 11.0 Å². The highest BCUT2D eigenvalue weighted by atomic mass is 16.2. The highest BCUT2D eigenvalue weighted by molar-refractivity contribution is 5.89. The molecule has 6 heteroatoms. The van der Waals surface area contributed by atoms with E-state index in [9.17, 15) is 4.79 Å². The van der Waals surface area contributed by atoms with Crippen molar-refractivity contribution < 1.29 is 4.79 Å². The molecule has 2 amide bonds. The molecular weight excluding hydrogens is 338 g/mol. The van der Waals surface area contributed by atoms with Gasteiger partial charge in [-0.3, -0.25) is 4.90 Å². The third-order valence-corrected chi connectivity index (χ3v) is 5.17. The van der Waals surface area contributed by atoms with Gasteiger partial charge >= 0.3 is 6.03 Å². The summed E-state index contributed by atoms with van der Waals surface area (Å²) in [5.41, 5.74) is 4.18. The number of imidazole rings is 1. The van der Waals surface area contributed by atoms with Crippen molar-refractivity contribution >= 4 is 22.8 Å². The molecule has 1 aliphatic rings. The summed E-state index contributed by atoms with van der Waals surface area (Å²) in [5, 5.41) is 3.00. The van der Waals surface area contributed by atoms with Crippen LogP contribution in [0, 0.1) is 6.92 Å². The van der Waals surface area contributed by atoms with E-state index in [1.807, 2.05) is 54.3 Å². The first kappa shape index (κ1) is 17.5. The van der Waals surface area contributed by atoms with Crippen molar-refractivity contribution in [1.29, 1.82) is 0 Å². The van der Waals surface area contributed by atoms with Gasteiger partial charge in [-0.05, 0) is 36.8 Å². The second-order valence-corrected chi connectivity index (χ2v) is 7.14. The Balaban J connectivity index is 1.34. The molecule has 0 atom stereocenters. The zero-order valence-corrected chi connectivity index (χ0v) is 15.9. The van der Waals surface area contributed by atoms with Crippen LogP contribution in [0.2, 0.25) is 0 Å². The quantitative estimate of drug-likeness (QED) is 0.777. The lowest BCUT2D eigenvalue weighted by Crippen LogP contribution is -2.49. The van der Waals surface area contributed by atoms with Gasteiger partial charge < -0.3 is 14.8 Å². The maximum absolute atomic E-state index is 12.5. The molecule has 4 rings (SSSR count). The predicted molar refractivity (Wildman–Crippen MR) is 108 cm³/mol. The van der Waals surface area contributed by atoms with Crippen molar-refractivity contribution in [1.82, 2.24) is 19.4 Å². The molecule has 2 aromatic carbocycles. The third-order valence-electron chi connectivity index (χ3n) is 5.17. The van der Waals surface area contributed by atoms with Gasteiger partial charge in [0.05, 0.1) is 17.6 Å². The lowest BCUT2D eigenvalue weighted by molar-refractivity contribution is 0.140. The number of rotatable bonds is 3. The third kappa shape index (κ3) is 3.80. The first-order chi connectivity index (χ1) is 13.1. The minimum absolute atomic E-state index is 0.0250. The molecule has 0 radical (unpaired) electrons. The molecule has 140 valence electrons. The largest absolute Gasteiger partial charge is 0.330 e. The molecule has 1 saturated heterocycles. The van der Waals surface area contributed by atoms with E-state index in [1.54, 1.807) is 0 Å². The maximum atomic E-state index is 12.5. The van der Waals surface area contributed by atoms with Crippen molar-refractivity contribution in [3.63, 3.8) is 0 Å². The Hall–Kier alpha value is -2.86. The van der Waals surface area contributed by atoms with Gasteiger partial charge in [0.25, 0.3) is 0 Å². The number of carbonyl (C=O) groups excluding carboxylic acids is 1. The number of benzene rings is 2. The highest BCUT2D eigenvalue weighted by Crippen LogP contribution is 2.17. The van der Waals surface area contributed by atoms with E-state index < -0.39 is 0 Å². The number of para-hydroxylation sites is 2. The first-order valence-corrected chi connectivity index (χ1v) is 9.35. The number of urea groups is 1. The summed E-state index contributed by atoms with van der Waals surface area (Å²) in [4.78, 5) is 21.5. The summed E-state index contributed by atoms with van der Waals surface area (Å²) < 4.78 is 2.16. The van der Waals surface area contributed by atoms with Crippen molar-refractivity contribution in [2.45, 2.75) is 13.5 Å². The number of aryl methyl sites for hydroxylation is 2. The van der Waals surface area contributed by atoms with Crippen molar-refractivity contribution in [3.8, 4) is 0 Å². The Morgan fingerprint density at radius 2 is 1.85 bits per heavy atom. The van der Waals surface area contributed by atoms with Crippen LogP contribution in [-0.4, -0.2) is 51.6 Å². The summed E-state index contributed by atoms with van der Waals surface area (Å²) in [6.07, 6.45) is 0. The zero-order chi connectivity index (χ0) is 18.8. The molecule has 27 heavy (non-hydrogen) atoms. The number of aromatic nitrogens is 2. The van der Waals surface area contributed by atoms with Gasteiger partial charge in [-0.25, -0.2) is 9.78 Å². The summed E-state index contributed by atoms with van der Waals surface area (Å²) in [6.45, 7) is 5.98. The molecule has 1 N–H and O–H groups in total. The molecule has 3 aromatic rings. The minimum Gasteiger partial charge on any atom is -0.330 e. The molecule has 2 heterocycles. The fraction of sp³-hybridized carbons (Fsp3) is 0.333. The maximum Gasteiger partial charge on any atom is 0.321 e. The second-order valence-electron chi connectivity index (χ2n) is 7.14. The standard InChI is InChI=1S/C21H25N5O/c1-16-6-5-7-17(14-16)22-21(27)26-12-10-25(11-13-26)15-20-23-18-8-3-4-9-19(18)24(20)2/h3-9,14H,10-13,15H2,1-2H3,(H,22,27). The number of fused-ring (bicyclic) bond motifs is 1. The van der Waals surface area contributed by atoms with Crippen LogP contribution < -0.4 is 5.32 Å². The normalized spacial score (nSPS) is 15.3. The van der Waals surface area contributed by atoms with Crippen LogP contribution in [0.4, 0.5) is 10.5 Å². The Bertz CT molecular complexity index is 956. The average Bonchev–Trinajstić information content (AvgIpc) is 2.98. The van der Waals surface area contributed by atoms with Gasteiger partial charge in [-0.15, -0.1) is 0 Å². The van der Waals surface area contributed by atoms with E-state index in [4.69, 9.17) is 4.98 Å². The van der Waals surface area contributed by atoms with E-state index in [2.05, 4.69) is 27.9 Å². The summed E-state index contributed by atoms with van der Waals surface area (Å²) in [7, 11) is 2.07. The highest BCUT2D eigenvalue weighted by Gasteiger charge is 2.22. The van der Waals surface area contributed by atoms with Crippen LogP contribution >= 0.6 is 0 Å². The van der Waals surface area contributed by atoms with Gasteiger partial charge in [0, 0.05) is 38.9 Å². The van der Waals surface area contributed by atoms with Crippen LogP contribution in [0.15, 0.2) is 48.5 Å². The van der Waals surface area contributed by atoms with Gasteiger partial charge in [0.2, 0.25) is 0 Å². The van der Waals surface area contributed by atoms with Gasteiger partial charge in [0.15, 0.2) is 0 Å². The van der Waals surface area contributed by atoms with Crippen LogP contribution in [-0.2, 0) is 13.6 Å². The number of nitrogens with one attached hydrogen (secondary N) is 1. The number of carbonyl (C=O) groups is 1. The van der Waals surface area contributed by atoms with Crippen molar-refractivity contribution in [2.24, 2.45) is 7.05 Å². The van der Waals surface area contributed by atoms with Crippen LogP contribution in [0.3, 0.4) is 0 Å². The predicted octanol–water partition coefficient (Wildman–Crippen LogP) is 3.23. The number of hydrogen-bond donors (Lipinski definition) is 1. The number of hydrogen-bond acceptors (Lipinski definition) is 3. The number of piperazine rings is 1. The Kier molecular flexibility index (Phi) is 4.81. The molecule has 0 saturated carbocycles. The molecule has 1 fully saturated rings. The molecular formula is C21H25N5O. The molecule has 6 nitrogen and oxygen atoms in total. The second kappa shape index (κ2) is 7.40. The van der Waals surface area contributed by atoms with Crippen LogP contribution in [0.5, 0.6) is 0 Å². The van der Waals surface area contributed by atoms with Gasteiger partial charge in [-0.1, -0.05) is 24.3 Å². The van der Waals surface area contributed by atoms with Gasteiger partial charge in [0.1, 0.15) is 5.82 Å². The number of nitrogens with zero attached hydrogens (tertiary/aromatic N) is 4. The van der Waals surface area contributed by atoms with Crippen LogP contribution in [0.1, 0.15) is 11.4 Å². The Labute approximate surface area is 159 Å². The van der Waals surface area contributed by atoms with E-state index in [0.717, 1.165) is 60.8 Å². The fourth-order valence-corrected chi connectivity index (χ4v) is 3.57. The summed E-state index contributed by atoms with van der Waals surface area (Å²) >= 11 is 0. The topological polar surface area (TPSA) is 53.4 Å². The SMILES string of the molecule is Cc1cccc(NC(=O)N2CCN(Cc3nc4ccccc4n3C)CC2)c1. The zero-order valence-electron chi connectivity index (χ0n) is 15.9. The molecule has 0 bridgehead atoms. The van der Waals surface area contributed by atoms with E-state index in [-0.39, 0.29) is 6.03 Å². The Morgan fingerprint density at radius 3 is 2.59 bits per heavy atom. The lowest BCUT2D eigenvalue weighted by atomic mass is 10.2. The number of amides is 2. The van der Waals surface area contributed by atoms with E-state index in [1.165, 1.54) is 0 Å². The summed E-state index contributed by atoms with van der Waals surface area (Å²) in [5.74, 6) is 1.06. The number of anilines is 1. The van der Waals surface area contributed by atoms with E-state index >= 15 is 0 Å². The van der Waals surface area contributed by atoms with Crippen molar-refractivity contribution in [3.05, 3.63) is 59.9 Å². The molecule has 1 aromatic heterocycles. The lowest BCUT2D eigenvalue weighted by Gasteiger charge is -2.34. The molecule has 0 unspecified atom stereocenters.